The lowest BCUT2D eigenvalue weighted by molar-refractivity contribution is 0.669. The Morgan fingerprint density at radius 1 is 0.327 bits per heavy atom. The van der Waals surface area contributed by atoms with E-state index in [0.717, 1.165) is 39.0 Å². The highest BCUT2D eigenvalue weighted by Gasteiger charge is 2.20. The molecule has 0 N–H and O–H groups in total. The van der Waals surface area contributed by atoms with E-state index in [4.69, 9.17) is 4.42 Å². The number of nitrogens with zero attached hydrogens (tertiary/aromatic N) is 1. The third-order valence-corrected chi connectivity index (χ3v) is 10.2. The fraction of sp³-hybridized carbons (Fsp3) is 0. The summed E-state index contributed by atoms with van der Waals surface area (Å²) in [5.74, 6) is 0. The molecule has 1 heterocycles. The number of benzene rings is 9. The van der Waals surface area contributed by atoms with Crippen LogP contribution in [0.5, 0.6) is 0 Å². The number of furan rings is 1. The number of hydrogen-bond acceptors (Lipinski definition) is 2. The molecule has 0 saturated heterocycles. The zero-order chi connectivity index (χ0) is 34.4. The second-order valence-electron chi connectivity index (χ2n) is 13.4. The molecule has 0 amide bonds. The van der Waals surface area contributed by atoms with Crippen LogP contribution in [0.3, 0.4) is 0 Å². The topological polar surface area (TPSA) is 16.4 Å². The van der Waals surface area contributed by atoms with Crippen molar-refractivity contribution in [3.05, 3.63) is 200 Å². The maximum Gasteiger partial charge on any atom is 0.137 e. The minimum atomic E-state index is 0.872. The average molecular weight is 664 g/mol. The van der Waals surface area contributed by atoms with Gasteiger partial charge in [-0.3, -0.25) is 0 Å². The Morgan fingerprint density at radius 3 is 1.87 bits per heavy atom. The summed E-state index contributed by atoms with van der Waals surface area (Å²) in [5, 5.41) is 7.16. The summed E-state index contributed by atoms with van der Waals surface area (Å²) in [5.41, 5.74) is 12.2. The Morgan fingerprint density at radius 2 is 0.962 bits per heavy atom. The summed E-state index contributed by atoms with van der Waals surface area (Å²) in [6.07, 6.45) is 0. The van der Waals surface area contributed by atoms with Gasteiger partial charge < -0.3 is 9.32 Å². The highest BCUT2D eigenvalue weighted by Crippen LogP contribution is 2.44. The SMILES string of the molecule is c1ccc(-c2cccc3cc(-c4ccc(N(c5cccc(-c6ccc7ccccc7c6)c5)c5cccc6oc7ccccc7c56)cc4)ccc23)cc1. The van der Waals surface area contributed by atoms with Crippen LogP contribution in [0.15, 0.2) is 205 Å². The molecule has 2 nitrogen and oxygen atoms in total. The first-order chi connectivity index (χ1) is 25.8. The maximum atomic E-state index is 6.37. The largest absolute Gasteiger partial charge is 0.456 e. The Hall–Kier alpha value is -6.90. The van der Waals surface area contributed by atoms with Crippen LogP contribution in [-0.2, 0) is 0 Å². The molecule has 9 aromatic carbocycles. The van der Waals surface area contributed by atoms with E-state index in [1.807, 2.05) is 12.1 Å². The third kappa shape index (κ3) is 5.21. The summed E-state index contributed by atoms with van der Waals surface area (Å²) in [7, 11) is 0. The van der Waals surface area contributed by atoms with E-state index < -0.39 is 0 Å². The van der Waals surface area contributed by atoms with E-state index in [1.165, 1.54) is 54.9 Å². The molecule has 10 rings (SSSR count). The van der Waals surface area contributed by atoms with E-state index in [0.29, 0.717) is 0 Å². The van der Waals surface area contributed by atoms with Crippen molar-refractivity contribution in [3.8, 4) is 33.4 Å². The monoisotopic (exact) mass is 663 g/mol. The third-order valence-electron chi connectivity index (χ3n) is 10.2. The highest BCUT2D eigenvalue weighted by atomic mass is 16.3. The van der Waals surface area contributed by atoms with Gasteiger partial charge in [-0.25, -0.2) is 0 Å². The smallest absolute Gasteiger partial charge is 0.137 e. The van der Waals surface area contributed by atoms with Crippen LogP contribution in [0.1, 0.15) is 0 Å². The average Bonchev–Trinajstić information content (AvgIpc) is 3.61. The molecule has 0 aliphatic heterocycles. The lowest BCUT2D eigenvalue weighted by Crippen LogP contribution is -2.10. The van der Waals surface area contributed by atoms with E-state index in [2.05, 4.69) is 193 Å². The minimum Gasteiger partial charge on any atom is -0.456 e. The van der Waals surface area contributed by atoms with Crippen LogP contribution in [0, 0.1) is 0 Å². The first-order valence-electron chi connectivity index (χ1n) is 17.8. The van der Waals surface area contributed by atoms with E-state index in [9.17, 15) is 0 Å². The standard InChI is InChI=1S/C50H33NO/c1-2-12-36(13-3-1)44-19-9-16-41-32-39(27-30-45(41)44)35-25-28-42(29-26-35)51(47-20-10-22-49-50(47)46-18-6-7-21-48(46)52-49)43-17-8-15-38(33-43)40-24-23-34-11-4-5-14-37(34)31-40/h1-33H. The van der Waals surface area contributed by atoms with Gasteiger partial charge in [-0.05, 0) is 110 Å². The lowest BCUT2D eigenvalue weighted by atomic mass is 9.95. The molecule has 0 unspecified atom stereocenters. The van der Waals surface area contributed by atoms with Gasteiger partial charge in [-0.1, -0.05) is 146 Å². The van der Waals surface area contributed by atoms with Crippen molar-refractivity contribution in [2.45, 2.75) is 0 Å². The van der Waals surface area contributed by atoms with Gasteiger partial charge in [0.15, 0.2) is 0 Å². The van der Waals surface area contributed by atoms with Crippen LogP contribution in [-0.4, -0.2) is 0 Å². The molecule has 10 aromatic rings. The molecule has 52 heavy (non-hydrogen) atoms. The van der Waals surface area contributed by atoms with Crippen LogP contribution >= 0.6 is 0 Å². The maximum absolute atomic E-state index is 6.37. The summed E-state index contributed by atoms with van der Waals surface area (Å²) >= 11 is 0. The molecule has 0 radical (unpaired) electrons. The highest BCUT2D eigenvalue weighted by molar-refractivity contribution is 6.13. The van der Waals surface area contributed by atoms with Gasteiger partial charge in [0.2, 0.25) is 0 Å². The van der Waals surface area contributed by atoms with Gasteiger partial charge in [-0.15, -0.1) is 0 Å². The zero-order valence-corrected chi connectivity index (χ0v) is 28.4. The molecule has 0 spiro atoms. The van der Waals surface area contributed by atoms with Crippen LogP contribution < -0.4 is 4.90 Å². The van der Waals surface area contributed by atoms with Crippen molar-refractivity contribution < 1.29 is 4.42 Å². The number of rotatable bonds is 6. The lowest BCUT2D eigenvalue weighted by Gasteiger charge is -2.27. The zero-order valence-electron chi connectivity index (χ0n) is 28.4. The van der Waals surface area contributed by atoms with E-state index in [1.54, 1.807) is 0 Å². The fourth-order valence-corrected chi connectivity index (χ4v) is 7.70. The van der Waals surface area contributed by atoms with Gasteiger partial charge in [0.1, 0.15) is 11.2 Å². The molecular weight excluding hydrogens is 631 g/mol. The quantitative estimate of drug-likeness (QED) is 0.176. The summed E-state index contributed by atoms with van der Waals surface area (Å²) < 4.78 is 6.37. The van der Waals surface area contributed by atoms with Crippen molar-refractivity contribution in [2.75, 3.05) is 4.90 Å². The molecule has 0 aliphatic rings. The first-order valence-corrected chi connectivity index (χ1v) is 17.8. The predicted octanol–water partition coefficient (Wildman–Crippen LogP) is 14.4. The Kier molecular flexibility index (Phi) is 7.18. The Labute approximate surface area is 302 Å². The van der Waals surface area contributed by atoms with Gasteiger partial charge >= 0.3 is 0 Å². The number of para-hydroxylation sites is 1. The molecule has 244 valence electrons. The van der Waals surface area contributed by atoms with Crippen LogP contribution in [0.4, 0.5) is 17.1 Å². The Bertz CT molecular complexity index is 2900. The molecule has 0 fully saturated rings. The normalized spacial score (nSPS) is 11.5. The Balaban J connectivity index is 1.10. The number of anilines is 3. The molecule has 0 atom stereocenters. The van der Waals surface area contributed by atoms with Crippen molar-refractivity contribution in [2.24, 2.45) is 0 Å². The van der Waals surface area contributed by atoms with Gasteiger partial charge in [0.25, 0.3) is 0 Å². The van der Waals surface area contributed by atoms with Gasteiger partial charge in [-0.2, -0.15) is 0 Å². The molecule has 2 heteroatoms. The van der Waals surface area contributed by atoms with Crippen molar-refractivity contribution in [3.63, 3.8) is 0 Å². The molecule has 0 saturated carbocycles. The number of fused-ring (bicyclic) bond motifs is 5. The van der Waals surface area contributed by atoms with E-state index in [-0.39, 0.29) is 0 Å². The van der Waals surface area contributed by atoms with Crippen molar-refractivity contribution >= 4 is 60.5 Å². The second kappa shape index (κ2) is 12.5. The number of hydrogen-bond donors (Lipinski definition) is 0. The summed E-state index contributed by atoms with van der Waals surface area (Å²) in [6, 6.07) is 71.7. The molecular formula is C50H33NO. The summed E-state index contributed by atoms with van der Waals surface area (Å²) in [6.45, 7) is 0. The van der Waals surface area contributed by atoms with Crippen LogP contribution in [0.2, 0.25) is 0 Å². The van der Waals surface area contributed by atoms with Gasteiger partial charge in [0.05, 0.1) is 11.1 Å². The molecule has 0 aliphatic carbocycles. The predicted molar refractivity (Wildman–Crippen MR) is 220 cm³/mol. The van der Waals surface area contributed by atoms with E-state index >= 15 is 0 Å². The molecule has 1 aromatic heterocycles. The molecule has 0 bridgehead atoms. The minimum absolute atomic E-state index is 0.872. The van der Waals surface area contributed by atoms with Crippen molar-refractivity contribution in [1.29, 1.82) is 0 Å². The van der Waals surface area contributed by atoms with Crippen molar-refractivity contribution in [1.82, 2.24) is 0 Å². The first kappa shape index (κ1) is 30.0. The van der Waals surface area contributed by atoms with Crippen LogP contribution in [0.25, 0.3) is 76.9 Å². The second-order valence-corrected chi connectivity index (χ2v) is 13.4. The fourth-order valence-electron chi connectivity index (χ4n) is 7.70. The van der Waals surface area contributed by atoms with Gasteiger partial charge in [0, 0.05) is 16.8 Å². The summed E-state index contributed by atoms with van der Waals surface area (Å²) in [4.78, 5) is 2.37.